The van der Waals surface area contributed by atoms with Crippen LogP contribution in [0.2, 0.25) is 0 Å². The first-order valence-electron chi connectivity index (χ1n) is 10.0. The summed E-state index contributed by atoms with van der Waals surface area (Å²) in [5, 5.41) is 3.43. The smallest absolute Gasteiger partial charge is 0.193 e. The molecule has 1 saturated heterocycles. The van der Waals surface area contributed by atoms with Crippen LogP contribution >= 0.6 is 0 Å². The molecule has 1 aliphatic carbocycles. The topological polar surface area (TPSA) is 55.3 Å². The van der Waals surface area contributed by atoms with E-state index in [1.54, 1.807) is 7.11 Å². The average Bonchev–Trinajstić information content (AvgIpc) is 3.29. The minimum absolute atomic E-state index is 0.509. The maximum absolute atomic E-state index is 5.92. The molecule has 0 aromatic heterocycles. The molecule has 2 rings (SSSR count). The van der Waals surface area contributed by atoms with E-state index in [2.05, 4.69) is 17.1 Å². The Morgan fingerprint density at radius 2 is 2.00 bits per heavy atom. The molecular weight excluding hydrogens is 318 g/mol. The van der Waals surface area contributed by atoms with Gasteiger partial charge in [0.1, 0.15) is 0 Å². The monoisotopic (exact) mass is 355 g/mol. The Hall–Kier alpha value is -0.850. The molecule has 2 fully saturated rings. The van der Waals surface area contributed by atoms with Gasteiger partial charge in [0, 0.05) is 45.8 Å². The largest absolute Gasteiger partial charge is 0.382 e. The minimum Gasteiger partial charge on any atom is -0.382 e. The fourth-order valence-electron chi connectivity index (χ4n) is 3.53. The van der Waals surface area contributed by atoms with Crippen molar-refractivity contribution < 1.29 is 14.2 Å². The highest BCUT2D eigenvalue weighted by atomic mass is 16.5. The maximum Gasteiger partial charge on any atom is 0.193 e. The van der Waals surface area contributed by atoms with Gasteiger partial charge in [-0.2, -0.15) is 0 Å². The summed E-state index contributed by atoms with van der Waals surface area (Å²) in [6.45, 7) is 8.95. The van der Waals surface area contributed by atoms with Crippen LogP contribution in [-0.4, -0.2) is 76.7 Å². The van der Waals surface area contributed by atoms with Crippen LogP contribution in [0.3, 0.4) is 0 Å². The van der Waals surface area contributed by atoms with Crippen LogP contribution in [-0.2, 0) is 14.2 Å². The fraction of sp³-hybridized carbons (Fsp3) is 0.947. The van der Waals surface area contributed by atoms with E-state index in [0.717, 1.165) is 51.8 Å². The molecule has 0 spiro atoms. The SMILES string of the molecule is CCNC(=NCCCOC1CCCC1)N1CCC(COCCOC)C1. The molecule has 6 heteroatoms. The lowest BCUT2D eigenvalue weighted by atomic mass is 10.1. The summed E-state index contributed by atoms with van der Waals surface area (Å²) in [7, 11) is 1.71. The van der Waals surface area contributed by atoms with Crippen molar-refractivity contribution in [3.63, 3.8) is 0 Å². The van der Waals surface area contributed by atoms with E-state index in [1.165, 1.54) is 32.1 Å². The van der Waals surface area contributed by atoms with Crippen molar-refractivity contribution in [2.24, 2.45) is 10.9 Å². The van der Waals surface area contributed by atoms with Crippen molar-refractivity contribution in [3.8, 4) is 0 Å². The number of guanidine groups is 1. The lowest BCUT2D eigenvalue weighted by Gasteiger charge is -2.21. The Balaban J connectivity index is 1.64. The van der Waals surface area contributed by atoms with E-state index < -0.39 is 0 Å². The van der Waals surface area contributed by atoms with Gasteiger partial charge >= 0.3 is 0 Å². The van der Waals surface area contributed by atoms with Crippen LogP contribution in [0.4, 0.5) is 0 Å². The molecule has 0 bridgehead atoms. The zero-order valence-corrected chi connectivity index (χ0v) is 16.2. The first-order valence-corrected chi connectivity index (χ1v) is 10.0. The Bertz CT molecular complexity index is 373. The summed E-state index contributed by atoms with van der Waals surface area (Å²) in [6.07, 6.45) is 7.83. The van der Waals surface area contributed by atoms with Gasteiger partial charge in [-0.05, 0) is 32.6 Å². The average molecular weight is 356 g/mol. The highest BCUT2D eigenvalue weighted by molar-refractivity contribution is 5.80. The van der Waals surface area contributed by atoms with E-state index in [-0.39, 0.29) is 0 Å². The van der Waals surface area contributed by atoms with Crippen molar-refractivity contribution in [2.45, 2.75) is 51.6 Å². The minimum atomic E-state index is 0.509. The number of rotatable bonds is 11. The first-order chi connectivity index (χ1) is 12.3. The molecular formula is C19H37N3O3. The summed E-state index contributed by atoms with van der Waals surface area (Å²) < 4.78 is 16.6. The summed E-state index contributed by atoms with van der Waals surface area (Å²) in [5.74, 6) is 1.63. The quantitative estimate of drug-likeness (QED) is 0.350. The molecule has 1 aliphatic heterocycles. The Kier molecular flexibility index (Phi) is 10.2. The van der Waals surface area contributed by atoms with E-state index >= 15 is 0 Å². The molecule has 1 N–H and O–H groups in total. The Morgan fingerprint density at radius 1 is 1.16 bits per heavy atom. The molecule has 0 amide bonds. The van der Waals surface area contributed by atoms with Gasteiger partial charge in [-0.3, -0.25) is 4.99 Å². The third kappa shape index (κ3) is 7.92. The zero-order chi connectivity index (χ0) is 17.7. The standard InChI is InChI=1S/C19H37N3O3/c1-3-20-19(21-10-6-12-25-18-7-4-5-8-18)22-11-9-17(15-22)16-24-14-13-23-2/h17-18H,3-16H2,1-2H3,(H,20,21). The molecule has 25 heavy (non-hydrogen) atoms. The highest BCUT2D eigenvalue weighted by Crippen LogP contribution is 2.21. The summed E-state index contributed by atoms with van der Waals surface area (Å²) >= 11 is 0. The second kappa shape index (κ2) is 12.5. The van der Waals surface area contributed by atoms with Gasteiger partial charge in [0.15, 0.2) is 5.96 Å². The van der Waals surface area contributed by atoms with Gasteiger partial charge in [0.25, 0.3) is 0 Å². The summed E-state index contributed by atoms with van der Waals surface area (Å²) in [6, 6.07) is 0. The van der Waals surface area contributed by atoms with Crippen molar-refractivity contribution >= 4 is 5.96 Å². The predicted octanol–water partition coefficient (Wildman–Crippen LogP) is 2.29. The highest BCUT2D eigenvalue weighted by Gasteiger charge is 2.24. The molecule has 6 nitrogen and oxygen atoms in total. The molecule has 0 radical (unpaired) electrons. The number of likely N-dealkylation sites (tertiary alicyclic amines) is 1. The molecule has 1 heterocycles. The van der Waals surface area contributed by atoms with Crippen molar-refractivity contribution in [1.29, 1.82) is 0 Å². The van der Waals surface area contributed by atoms with Crippen LogP contribution in [0, 0.1) is 5.92 Å². The van der Waals surface area contributed by atoms with Gasteiger partial charge in [-0.15, -0.1) is 0 Å². The maximum atomic E-state index is 5.92. The number of nitrogens with one attached hydrogen (secondary N) is 1. The van der Waals surface area contributed by atoms with Crippen LogP contribution in [0.15, 0.2) is 4.99 Å². The molecule has 0 aromatic rings. The number of aliphatic imine (C=N–C) groups is 1. The van der Waals surface area contributed by atoms with Crippen molar-refractivity contribution in [3.05, 3.63) is 0 Å². The molecule has 1 unspecified atom stereocenters. The van der Waals surface area contributed by atoms with Gasteiger partial charge in [0.05, 0.1) is 25.9 Å². The van der Waals surface area contributed by atoms with Gasteiger partial charge < -0.3 is 24.4 Å². The number of nitrogens with zero attached hydrogens (tertiary/aromatic N) is 2. The van der Waals surface area contributed by atoms with Gasteiger partial charge in [0.2, 0.25) is 0 Å². The normalized spacial score (nSPS) is 22.1. The van der Waals surface area contributed by atoms with Crippen molar-refractivity contribution in [1.82, 2.24) is 10.2 Å². The second-order valence-corrected chi connectivity index (χ2v) is 7.03. The van der Waals surface area contributed by atoms with E-state index in [0.29, 0.717) is 25.2 Å². The fourth-order valence-corrected chi connectivity index (χ4v) is 3.53. The lowest BCUT2D eigenvalue weighted by Crippen LogP contribution is -2.40. The van der Waals surface area contributed by atoms with Crippen LogP contribution < -0.4 is 5.32 Å². The van der Waals surface area contributed by atoms with E-state index in [4.69, 9.17) is 19.2 Å². The number of hydrogen-bond acceptors (Lipinski definition) is 4. The van der Waals surface area contributed by atoms with Crippen molar-refractivity contribution in [2.75, 3.05) is 59.7 Å². The Labute approximate surface area is 153 Å². The zero-order valence-electron chi connectivity index (χ0n) is 16.2. The lowest BCUT2D eigenvalue weighted by molar-refractivity contribution is 0.0536. The summed E-state index contributed by atoms with van der Waals surface area (Å²) in [5.41, 5.74) is 0. The summed E-state index contributed by atoms with van der Waals surface area (Å²) in [4.78, 5) is 7.16. The van der Waals surface area contributed by atoms with Gasteiger partial charge in [-0.25, -0.2) is 0 Å². The molecule has 0 aromatic carbocycles. The molecule has 1 saturated carbocycles. The van der Waals surface area contributed by atoms with E-state index in [9.17, 15) is 0 Å². The molecule has 146 valence electrons. The van der Waals surface area contributed by atoms with Crippen LogP contribution in [0.25, 0.3) is 0 Å². The second-order valence-electron chi connectivity index (χ2n) is 7.03. The number of ether oxygens (including phenoxy) is 3. The van der Waals surface area contributed by atoms with Gasteiger partial charge in [-0.1, -0.05) is 12.8 Å². The number of methoxy groups -OCH3 is 1. The predicted molar refractivity (Wildman–Crippen MR) is 101 cm³/mol. The molecule has 2 aliphatic rings. The van der Waals surface area contributed by atoms with Crippen LogP contribution in [0.5, 0.6) is 0 Å². The third-order valence-corrected chi connectivity index (χ3v) is 4.93. The Morgan fingerprint density at radius 3 is 2.76 bits per heavy atom. The third-order valence-electron chi connectivity index (χ3n) is 4.93. The molecule has 1 atom stereocenters. The number of hydrogen-bond donors (Lipinski definition) is 1. The van der Waals surface area contributed by atoms with Crippen LogP contribution in [0.1, 0.15) is 45.4 Å². The first kappa shape index (κ1) is 20.5. The van der Waals surface area contributed by atoms with E-state index in [1.807, 2.05) is 0 Å².